The van der Waals surface area contributed by atoms with E-state index >= 15 is 0 Å². The second-order valence-corrected chi connectivity index (χ2v) is 7.46. The fourth-order valence-electron chi connectivity index (χ4n) is 5.39. The van der Waals surface area contributed by atoms with Crippen molar-refractivity contribution < 1.29 is 4.42 Å². The van der Waals surface area contributed by atoms with Crippen LogP contribution in [-0.2, 0) is 0 Å². The maximum atomic E-state index is 5.74. The normalized spacial score (nSPS) is 46.0. The first kappa shape index (κ1) is 12.3. The third-order valence-electron chi connectivity index (χ3n) is 6.36. The van der Waals surface area contributed by atoms with Gasteiger partial charge in [0, 0.05) is 12.0 Å². The van der Waals surface area contributed by atoms with Crippen LogP contribution in [0.2, 0.25) is 0 Å². The quantitative estimate of drug-likeness (QED) is 0.851. The van der Waals surface area contributed by atoms with E-state index in [2.05, 4.69) is 35.7 Å². The Morgan fingerprint density at radius 1 is 1.00 bits per heavy atom. The van der Waals surface area contributed by atoms with Gasteiger partial charge in [-0.3, -0.25) is 0 Å². The average Bonchev–Trinajstić information content (AvgIpc) is 3.31. The summed E-state index contributed by atoms with van der Waals surface area (Å²) in [5.41, 5.74) is 0. The molecule has 21 heavy (non-hydrogen) atoms. The standard InChI is InChI=1S/C19H23NO/c1-2-17(21-7-1)18-14-5-6-15(10-14)19(18)20-11-16-9-12-3-4-13(16)8-12/h1-7,12-16,18-20H,8-11H2. The smallest absolute Gasteiger partial charge is 0.109 e. The summed E-state index contributed by atoms with van der Waals surface area (Å²) in [5.74, 6) is 5.70. The third kappa shape index (κ3) is 1.88. The van der Waals surface area contributed by atoms with E-state index in [1.165, 1.54) is 31.6 Å². The number of rotatable bonds is 4. The predicted octanol–water partition coefficient (Wildman–Crippen LogP) is 3.74. The highest BCUT2D eigenvalue weighted by molar-refractivity contribution is 5.26. The van der Waals surface area contributed by atoms with Gasteiger partial charge in [-0.05, 0) is 67.5 Å². The highest BCUT2D eigenvalue weighted by Crippen LogP contribution is 2.49. The van der Waals surface area contributed by atoms with E-state index < -0.39 is 0 Å². The van der Waals surface area contributed by atoms with E-state index in [1.54, 1.807) is 0 Å². The molecule has 2 heteroatoms. The number of hydrogen-bond acceptors (Lipinski definition) is 2. The summed E-state index contributed by atoms with van der Waals surface area (Å²) < 4.78 is 5.74. The van der Waals surface area contributed by atoms with E-state index in [4.69, 9.17) is 4.42 Å². The van der Waals surface area contributed by atoms with Crippen molar-refractivity contribution in [3.8, 4) is 0 Å². The van der Waals surface area contributed by atoms with Crippen molar-refractivity contribution in [3.05, 3.63) is 48.5 Å². The molecule has 4 aliphatic rings. The van der Waals surface area contributed by atoms with Crippen LogP contribution in [0.1, 0.15) is 30.9 Å². The van der Waals surface area contributed by atoms with Gasteiger partial charge in [0.1, 0.15) is 5.76 Å². The molecule has 110 valence electrons. The Labute approximate surface area is 126 Å². The molecular formula is C19H23NO. The molecule has 0 amide bonds. The van der Waals surface area contributed by atoms with Crippen molar-refractivity contribution in [1.29, 1.82) is 0 Å². The lowest BCUT2D eigenvalue weighted by Gasteiger charge is -2.30. The lowest BCUT2D eigenvalue weighted by atomic mass is 9.86. The van der Waals surface area contributed by atoms with Crippen LogP contribution >= 0.6 is 0 Å². The van der Waals surface area contributed by atoms with Crippen LogP contribution in [0.4, 0.5) is 0 Å². The molecule has 1 aromatic rings. The van der Waals surface area contributed by atoms with Crippen molar-refractivity contribution in [2.45, 2.75) is 31.2 Å². The molecule has 2 saturated carbocycles. The van der Waals surface area contributed by atoms with Gasteiger partial charge in [-0.15, -0.1) is 0 Å². The second kappa shape index (κ2) is 4.61. The summed E-state index contributed by atoms with van der Waals surface area (Å²) in [7, 11) is 0. The van der Waals surface area contributed by atoms with E-state index in [0.717, 1.165) is 17.8 Å². The minimum absolute atomic E-state index is 0.545. The summed E-state index contributed by atoms with van der Waals surface area (Å²) in [6.45, 7) is 1.18. The van der Waals surface area contributed by atoms with Crippen LogP contribution < -0.4 is 5.32 Å². The lowest BCUT2D eigenvalue weighted by molar-refractivity contribution is 0.318. The molecule has 0 aromatic carbocycles. The van der Waals surface area contributed by atoms with Gasteiger partial charge in [-0.25, -0.2) is 0 Å². The molecule has 7 unspecified atom stereocenters. The van der Waals surface area contributed by atoms with E-state index in [1.807, 2.05) is 12.3 Å². The molecule has 2 nitrogen and oxygen atoms in total. The van der Waals surface area contributed by atoms with Crippen molar-refractivity contribution >= 4 is 0 Å². The molecule has 5 rings (SSSR count). The monoisotopic (exact) mass is 281 g/mol. The van der Waals surface area contributed by atoms with Gasteiger partial charge < -0.3 is 9.73 Å². The van der Waals surface area contributed by atoms with Crippen LogP contribution in [0, 0.1) is 29.6 Å². The van der Waals surface area contributed by atoms with Crippen LogP contribution in [0.15, 0.2) is 47.1 Å². The number of allylic oxidation sites excluding steroid dienone is 3. The summed E-state index contributed by atoms with van der Waals surface area (Å²) in [5, 5.41) is 3.93. The first-order valence-corrected chi connectivity index (χ1v) is 8.52. The predicted molar refractivity (Wildman–Crippen MR) is 82.8 cm³/mol. The molecule has 0 radical (unpaired) electrons. The van der Waals surface area contributed by atoms with Crippen LogP contribution in [0.5, 0.6) is 0 Å². The Morgan fingerprint density at radius 3 is 2.67 bits per heavy atom. The number of hydrogen-bond donors (Lipinski definition) is 1. The van der Waals surface area contributed by atoms with Gasteiger partial charge in [0.25, 0.3) is 0 Å². The van der Waals surface area contributed by atoms with Gasteiger partial charge in [0.2, 0.25) is 0 Å². The Kier molecular flexibility index (Phi) is 2.69. The second-order valence-electron chi connectivity index (χ2n) is 7.46. The zero-order valence-electron chi connectivity index (χ0n) is 12.3. The summed E-state index contributed by atoms with van der Waals surface area (Å²) in [6, 6.07) is 4.77. The van der Waals surface area contributed by atoms with Gasteiger partial charge in [0.15, 0.2) is 0 Å². The summed E-state index contributed by atoms with van der Waals surface area (Å²) in [6.07, 6.45) is 15.7. The maximum Gasteiger partial charge on any atom is 0.109 e. The molecule has 0 saturated heterocycles. The Balaban J connectivity index is 1.31. The molecular weight excluding hydrogens is 258 g/mol. The molecule has 7 atom stereocenters. The minimum Gasteiger partial charge on any atom is -0.469 e. The van der Waals surface area contributed by atoms with Crippen LogP contribution in [0.25, 0.3) is 0 Å². The highest BCUT2D eigenvalue weighted by Gasteiger charge is 2.47. The lowest BCUT2D eigenvalue weighted by Crippen LogP contribution is -2.41. The van der Waals surface area contributed by atoms with Gasteiger partial charge >= 0.3 is 0 Å². The van der Waals surface area contributed by atoms with E-state index in [-0.39, 0.29) is 0 Å². The van der Waals surface area contributed by atoms with Crippen molar-refractivity contribution in [3.63, 3.8) is 0 Å². The Morgan fingerprint density at radius 2 is 1.90 bits per heavy atom. The van der Waals surface area contributed by atoms with Gasteiger partial charge in [-0.1, -0.05) is 24.3 Å². The number of furan rings is 1. The first-order valence-electron chi connectivity index (χ1n) is 8.52. The zero-order chi connectivity index (χ0) is 13.8. The fraction of sp³-hybridized carbons (Fsp3) is 0.579. The highest BCUT2D eigenvalue weighted by atomic mass is 16.3. The minimum atomic E-state index is 0.545. The maximum absolute atomic E-state index is 5.74. The molecule has 4 aliphatic carbocycles. The van der Waals surface area contributed by atoms with Crippen molar-refractivity contribution in [1.82, 2.24) is 5.32 Å². The van der Waals surface area contributed by atoms with Crippen molar-refractivity contribution in [2.75, 3.05) is 6.54 Å². The molecule has 1 aromatic heterocycles. The topological polar surface area (TPSA) is 25.2 Å². The van der Waals surface area contributed by atoms with Crippen LogP contribution in [-0.4, -0.2) is 12.6 Å². The SMILES string of the molecule is C1=CC2CC1CC2CNC1C2C=CC(C2)C1c1ccco1. The summed E-state index contributed by atoms with van der Waals surface area (Å²) in [4.78, 5) is 0. The fourth-order valence-corrected chi connectivity index (χ4v) is 5.39. The molecule has 1 heterocycles. The van der Waals surface area contributed by atoms with Gasteiger partial charge in [0.05, 0.1) is 6.26 Å². The summed E-state index contributed by atoms with van der Waals surface area (Å²) >= 11 is 0. The number of nitrogens with one attached hydrogen (secondary N) is 1. The van der Waals surface area contributed by atoms with E-state index in [0.29, 0.717) is 23.8 Å². The average molecular weight is 281 g/mol. The largest absolute Gasteiger partial charge is 0.469 e. The Bertz CT molecular complexity index is 572. The van der Waals surface area contributed by atoms with E-state index in [9.17, 15) is 0 Å². The van der Waals surface area contributed by atoms with Crippen molar-refractivity contribution in [2.24, 2.45) is 29.6 Å². The van der Waals surface area contributed by atoms with Gasteiger partial charge in [-0.2, -0.15) is 0 Å². The Hall–Kier alpha value is -1.28. The molecule has 0 aliphatic heterocycles. The van der Waals surface area contributed by atoms with Crippen LogP contribution in [0.3, 0.4) is 0 Å². The number of fused-ring (bicyclic) bond motifs is 4. The third-order valence-corrected chi connectivity index (χ3v) is 6.36. The molecule has 2 fully saturated rings. The zero-order valence-corrected chi connectivity index (χ0v) is 12.3. The molecule has 0 spiro atoms. The molecule has 1 N–H and O–H groups in total. The first-order chi connectivity index (χ1) is 10.4. The molecule has 4 bridgehead atoms.